The third kappa shape index (κ3) is 1.98. The van der Waals surface area contributed by atoms with E-state index in [0.717, 1.165) is 32.4 Å². The molecule has 3 rings (SSSR count). The van der Waals surface area contributed by atoms with Crippen molar-refractivity contribution in [2.45, 2.75) is 70.9 Å². The van der Waals surface area contributed by atoms with Gasteiger partial charge in [-0.25, -0.2) is 0 Å². The lowest BCUT2D eigenvalue weighted by Gasteiger charge is -2.65. The van der Waals surface area contributed by atoms with E-state index in [1.165, 1.54) is 19.3 Å². The van der Waals surface area contributed by atoms with E-state index in [0.29, 0.717) is 5.41 Å². The van der Waals surface area contributed by atoms with Crippen molar-refractivity contribution >= 4 is 5.91 Å². The molecular formula is C17H30N2O2. The minimum absolute atomic E-state index is 0.0407. The van der Waals surface area contributed by atoms with Crippen LogP contribution in [0, 0.1) is 16.7 Å². The van der Waals surface area contributed by atoms with Gasteiger partial charge in [0.2, 0.25) is 5.91 Å². The number of ether oxygens (including phenoxy) is 1. The molecule has 21 heavy (non-hydrogen) atoms. The number of hydrogen-bond donors (Lipinski definition) is 2. The molecule has 1 heterocycles. The molecule has 3 N–H and O–H groups in total. The summed E-state index contributed by atoms with van der Waals surface area (Å²) < 4.78 is 5.88. The molecule has 3 unspecified atom stereocenters. The zero-order valence-corrected chi connectivity index (χ0v) is 13.7. The second-order valence-electron chi connectivity index (χ2n) is 8.02. The molecule has 3 aliphatic rings. The van der Waals surface area contributed by atoms with Gasteiger partial charge >= 0.3 is 0 Å². The van der Waals surface area contributed by atoms with Gasteiger partial charge in [-0.05, 0) is 37.5 Å². The molecule has 1 saturated heterocycles. The van der Waals surface area contributed by atoms with E-state index in [-0.39, 0.29) is 23.3 Å². The molecule has 4 nitrogen and oxygen atoms in total. The second kappa shape index (κ2) is 4.95. The Hall–Kier alpha value is -0.610. The van der Waals surface area contributed by atoms with Crippen molar-refractivity contribution in [1.82, 2.24) is 5.32 Å². The minimum atomic E-state index is -0.767. The maximum Gasteiger partial charge on any atom is 0.241 e. The summed E-state index contributed by atoms with van der Waals surface area (Å²) in [6, 6.07) is 0. The van der Waals surface area contributed by atoms with Gasteiger partial charge in [0.15, 0.2) is 0 Å². The first-order valence-corrected chi connectivity index (χ1v) is 8.56. The fraction of sp³-hybridized carbons (Fsp3) is 0.941. The van der Waals surface area contributed by atoms with E-state index in [4.69, 9.17) is 10.5 Å². The Balaban J connectivity index is 1.68. The molecule has 0 radical (unpaired) electrons. The van der Waals surface area contributed by atoms with Crippen molar-refractivity contribution in [3.8, 4) is 0 Å². The Labute approximate surface area is 128 Å². The summed E-state index contributed by atoms with van der Waals surface area (Å²) in [5.74, 6) is 0.221. The van der Waals surface area contributed by atoms with Crippen LogP contribution in [0.2, 0.25) is 0 Å². The van der Waals surface area contributed by atoms with Crippen molar-refractivity contribution in [2.24, 2.45) is 22.5 Å². The van der Waals surface area contributed by atoms with Gasteiger partial charge in [0.05, 0.1) is 6.10 Å². The molecule has 0 aromatic heterocycles. The van der Waals surface area contributed by atoms with Crippen molar-refractivity contribution in [1.29, 1.82) is 0 Å². The average Bonchev–Trinajstić information content (AvgIpc) is 2.45. The maximum atomic E-state index is 12.8. The fourth-order valence-electron chi connectivity index (χ4n) is 4.78. The molecule has 2 aliphatic carbocycles. The normalized spacial score (nSPS) is 39.6. The van der Waals surface area contributed by atoms with E-state index in [2.05, 4.69) is 26.1 Å². The topological polar surface area (TPSA) is 64.4 Å². The standard InChI is InChI=1S/C17H30N2O2/c1-4-16(8-6-9-16)11-19-14(20)17(18)12-7-5-10-21-13(12)15(17,2)3/h12-13H,4-11,18H2,1-3H3,(H,19,20). The van der Waals surface area contributed by atoms with Gasteiger partial charge in [-0.15, -0.1) is 0 Å². The molecule has 3 atom stereocenters. The zero-order valence-electron chi connectivity index (χ0n) is 13.7. The van der Waals surface area contributed by atoms with Gasteiger partial charge in [-0.2, -0.15) is 0 Å². The SMILES string of the molecule is CCC1(CNC(=O)C2(N)C3CCCOC3C2(C)C)CCC1. The summed E-state index contributed by atoms with van der Waals surface area (Å²) in [6.07, 6.45) is 7.08. The highest BCUT2D eigenvalue weighted by molar-refractivity contribution is 5.89. The van der Waals surface area contributed by atoms with Gasteiger partial charge in [0.25, 0.3) is 0 Å². The number of nitrogens with two attached hydrogens (primary N) is 1. The number of amides is 1. The monoisotopic (exact) mass is 294 g/mol. The quantitative estimate of drug-likeness (QED) is 0.835. The predicted octanol–water partition coefficient (Wildman–Crippen LogP) is 2.22. The maximum absolute atomic E-state index is 12.8. The molecule has 0 spiro atoms. The zero-order chi connectivity index (χ0) is 15.3. The molecule has 0 bridgehead atoms. The van der Waals surface area contributed by atoms with Crippen LogP contribution in [0.25, 0.3) is 0 Å². The Morgan fingerprint density at radius 3 is 2.62 bits per heavy atom. The number of rotatable bonds is 4. The second-order valence-corrected chi connectivity index (χ2v) is 8.02. The van der Waals surface area contributed by atoms with Crippen molar-refractivity contribution in [2.75, 3.05) is 13.2 Å². The van der Waals surface area contributed by atoms with Gasteiger partial charge in [-0.3, -0.25) is 4.79 Å². The molecule has 4 heteroatoms. The first kappa shape index (κ1) is 15.3. The lowest BCUT2D eigenvalue weighted by Crippen LogP contribution is -2.82. The molecule has 0 aromatic rings. The van der Waals surface area contributed by atoms with Crippen LogP contribution in [0.4, 0.5) is 0 Å². The minimum Gasteiger partial charge on any atom is -0.377 e. The van der Waals surface area contributed by atoms with Gasteiger partial charge in [0, 0.05) is 24.5 Å². The smallest absolute Gasteiger partial charge is 0.241 e. The third-order valence-electron chi connectivity index (χ3n) is 6.85. The number of nitrogens with one attached hydrogen (secondary N) is 1. The summed E-state index contributed by atoms with van der Waals surface area (Å²) >= 11 is 0. The van der Waals surface area contributed by atoms with Gasteiger partial charge in [-0.1, -0.05) is 27.2 Å². The Kier molecular flexibility index (Phi) is 3.61. The highest BCUT2D eigenvalue weighted by Gasteiger charge is 2.70. The average molecular weight is 294 g/mol. The van der Waals surface area contributed by atoms with Crippen LogP contribution < -0.4 is 11.1 Å². The molecule has 0 aromatic carbocycles. The third-order valence-corrected chi connectivity index (χ3v) is 6.85. The summed E-state index contributed by atoms with van der Waals surface area (Å²) in [6.45, 7) is 7.98. The van der Waals surface area contributed by atoms with E-state index in [9.17, 15) is 4.79 Å². The summed E-state index contributed by atoms with van der Waals surface area (Å²) in [5.41, 5.74) is 5.91. The van der Waals surface area contributed by atoms with Crippen molar-refractivity contribution < 1.29 is 9.53 Å². The first-order valence-electron chi connectivity index (χ1n) is 8.56. The van der Waals surface area contributed by atoms with E-state index in [1.807, 2.05) is 0 Å². The van der Waals surface area contributed by atoms with Crippen LogP contribution in [0.1, 0.15) is 59.3 Å². The number of hydrogen-bond acceptors (Lipinski definition) is 3. The number of fused-ring (bicyclic) bond motifs is 1. The lowest BCUT2D eigenvalue weighted by atomic mass is 9.46. The van der Waals surface area contributed by atoms with Gasteiger partial charge in [0.1, 0.15) is 5.54 Å². The van der Waals surface area contributed by atoms with Crippen molar-refractivity contribution in [3.63, 3.8) is 0 Å². The van der Waals surface area contributed by atoms with Gasteiger partial charge < -0.3 is 15.8 Å². The number of carbonyl (C=O) groups excluding carboxylic acids is 1. The first-order chi connectivity index (χ1) is 9.87. The summed E-state index contributed by atoms with van der Waals surface area (Å²) in [4.78, 5) is 12.8. The summed E-state index contributed by atoms with van der Waals surface area (Å²) in [7, 11) is 0. The summed E-state index contributed by atoms with van der Waals surface area (Å²) in [5, 5.41) is 3.19. The Bertz CT molecular complexity index is 425. The van der Waals surface area contributed by atoms with Crippen LogP contribution in [-0.2, 0) is 9.53 Å². The number of carbonyl (C=O) groups is 1. The van der Waals surface area contributed by atoms with Crippen LogP contribution in [-0.4, -0.2) is 30.7 Å². The Morgan fingerprint density at radius 1 is 1.33 bits per heavy atom. The fourth-order valence-corrected chi connectivity index (χ4v) is 4.78. The van der Waals surface area contributed by atoms with E-state index in [1.54, 1.807) is 0 Å². The van der Waals surface area contributed by atoms with E-state index >= 15 is 0 Å². The van der Waals surface area contributed by atoms with Crippen LogP contribution in [0.5, 0.6) is 0 Å². The lowest BCUT2D eigenvalue weighted by molar-refractivity contribution is -0.225. The highest BCUT2D eigenvalue weighted by atomic mass is 16.5. The van der Waals surface area contributed by atoms with Crippen LogP contribution in [0.3, 0.4) is 0 Å². The molecule has 2 saturated carbocycles. The predicted molar refractivity (Wildman–Crippen MR) is 82.7 cm³/mol. The Morgan fingerprint density at radius 2 is 2.05 bits per heavy atom. The van der Waals surface area contributed by atoms with Crippen molar-refractivity contribution in [3.05, 3.63) is 0 Å². The van der Waals surface area contributed by atoms with E-state index < -0.39 is 5.54 Å². The molecule has 120 valence electrons. The molecule has 3 fully saturated rings. The molecule has 1 aliphatic heterocycles. The highest BCUT2D eigenvalue weighted by Crippen LogP contribution is 2.57. The van der Waals surface area contributed by atoms with Crippen LogP contribution in [0.15, 0.2) is 0 Å². The van der Waals surface area contributed by atoms with Crippen LogP contribution >= 0.6 is 0 Å². The molecular weight excluding hydrogens is 264 g/mol. The molecule has 1 amide bonds. The largest absolute Gasteiger partial charge is 0.377 e.